The number of thiophene rings is 4. The fraction of sp³-hybridized carbons (Fsp3) is 0. The molecule has 0 saturated carbocycles. The van der Waals surface area contributed by atoms with Gasteiger partial charge in [0.1, 0.15) is 23.3 Å². The summed E-state index contributed by atoms with van der Waals surface area (Å²) in [6, 6.07) is 94.0. The van der Waals surface area contributed by atoms with E-state index in [4.69, 9.17) is 0 Å². The predicted molar refractivity (Wildman–Crippen MR) is 385 cm³/mol. The number of benzene rings is 13. The molecule has 0 radical (unpaired) electrons. The van der Waals surface area contributed by atoms with Crippen molar-refractivity contribution in [2.75, 3.05) is 0 Å². The average Bonchev–Trinajstić information content (AvgIpc) is 1.48. The van der Waals surface area contributed by atoms with Gasteiger partial charge in [0.15, 0.2) is 0 Å². The van der Waals surface area contributed by atoms with Gasteiger partial charge in [-0.2, -0.15) is 10.5 Å². The van der Waals surface area contributed by atoms with E-state index < -0.39 is 0 Å². The highest BCUT2D eigenvalue weighted by molar-refractivity contribution is 7.27. The first-order chi connectivity index (χ1) is 44.6. The Balaban J connectivity index is 1.07. The highest BCUT2D eigenvalue weighted by Gasteiger charge is 2.36. The van der Waals surface area contributed by atoms with Gasteiger partial charge in [0.2, 0.25) is 0 Å². The van der Waals surface area contributed by atoms with Crippen LogP contribution in [0.15, 0.2) is 243 Å². The third kappa shape index (κ3) is 6.13. The first kappa shape index (κ1) is 49.0. The second-order valence-corrected chi connectivity index (χ2v) is 27.8. The Kier molecular flexibility index (Phi) is 9.69. The van der Waals surface area contributed by atoms with Crippen molar-refractivity contribution in [3.63, 3.8) is 0 Å². The lowest BCUT2D eigenvalue weighted by Gasteiger charge is -2.27. The fourth-order valence-electron chi connectivity index (χ4n) is 15.8. The molecule has 0 unspecified atom stereocenters. The van der Waals surface area contributed by atoms with Crippen LogP contribution in [0.2, 0.25) is 0 Å². The SMILES string of the molecule is N#Cc1c(-n2c3ccccc3c3c4c(ccc32)sc2ccccc24)c(C#N)c(-n2c3ccccc3c3c4c(ccc32)sc2ccccc24)c(-n2c3ccccc3c3c4c(ccc32)sc2ccccc24)c1-n1c2ccccc2c2c3c(ccc21)sc1ccccc13. The van der Waals surface area contributed by atoms with E-state index in [1.54, 1.807) is 11.3 Å². The second-order valence-electron chi connectivity index (χ2n) is 23.5. The minimum atomic E-state index is 0.376. The van der Waals surface area contributed by atoms with Gasteiger partial charge in [-0.05, 0) is 97.1 Å². The number of nitrogens with zero attached hydrogens (tertiary/aromatic N) is 6. The van der Waals surface area contributed by atoms with E-state index in [1.165, 1.54) is 80.7 Å². The zero-order chi connectivity index (χ0) is 58.8. The molecule has 10 heteroatoms. The molecular weight excluding hydrogens is 1170 g/mol. The van der Waals surface area contributed by atoms with E-state index >= 15 is 0 Å². The molecule has 0 aliphatic rings. The van der Waals surface area contributed by atoms with Crippen molar-refractivity contribution < 1.29 is 0 Å². The number of fused-ring (bicyclic) bond motifs is 28. The number of hydrogen-bond acceptors (Lipinski definition) is 6. The molecule has 90 heavy (non-hydrogen) atoms. The highest BCUT2D eigenvalue weighted by atomic mass is 32.1. The van der Waals surface area contributed by atoms with Crippen LogP contribution in [0.5, 0.6) is 0 Å². The summed E-state index contributed by atoms with van der Waals surface area (Å²) in [5, 5.41) is 44.4. The van der Waals surface area contributed by atoms with Crippen LogP contribution in [0.4, 0.5) is 0 Å². The van der Waals surface area contributed by atoms with Crippen LogP contribution >= 0.6 is 45.3 Å². The standard InChI is InChI=1S/C80H40N6S4/c81-41-51-77(83-53-25-9-1-17-43(53)69-57(83)33-37-65-73(69)47-21-5-13-29-61(47)87-65)52(42-82)79(85-55-27-11-3-19-45(55)71-59(85)35-39-67-75(71)49-23-7-15-31-63(49)89-67)80(86-56-28-12-4-20-46(56)72-60(86)36-40-68-76(72)50-24-8-16-32-64(50)90-68)78(51)84-54-26-10-2-18-44(54)70-58(84)34-38-66-74(70)48-22-6-14-30-62(48)88-66/h1-40H. The van der Waals surface area contributed by atoms with E-state index in [9.17, 15) is 10.5 Å². The van der Waals surface area contributed by atoms with Gasteiger partial charge in [-0.25, -0.2) is 0 Å². The minimum Gasteiger partial charge on any atom is -0.306 e. The number of rotatable bonds is 4. The molecule has 8 aromatic heterocycles. The van der Waals surface area contributed by atoms with Crippen molar-refractivity contribution in [2.45, 2.75) is 0 Å². The molecule has 414 valence electrons. The summed E-state index contributed by atoms with van der Waals surface area (Å²) in [7, 11) is 0. The smallest absolute Gasteiger partial charge is 0.104 e. The van der Waals surface area contributed by atoms with E-state index in [-0.39, 0.29) is 0 Å². The van der Waals surface area contributed by atoms with Crippen LogP contribution < -0.4 is 0 Å². The van der Waals surface area contributed by atoms with Crippen molar-refractivity contribution in [3.8, 4) is 34.9 Å². The van der Waals surface area contributed by atoms with E-state index in [0.717, 1.165) is 92.9 Å². The normalized spacial score (nSPS) is 12.4. The third-order valence-corrected chi connectivity index (χ3v) is 23.8. The van der Waals surface area contributed by atoms with Crippen LogP contribution in [0.3, 0.4) is 0 Å². The van der Waals surface area contributed by atoms with Gasteiger partial charge in [-0.1, -0.05) is 146 Å². The molecule has 6 nitrogen and oxygen atoms in total. The fourth-order valence-corrected chi connectivity index (χ4v) is 20.3. The Morgan fingerprint density at radius 2 is 0.433 bits per heavy atom. The first-order valence-corrected chi connectivity index (χ1v) is 33.3. The van der Waals surface area contributed by atoms with Crippen LogP contribution in [0, 0.1) is 22.7 Å². The Bertz CT molecular complexity index is 6720. The zero-order valence-electron chi connectivity index (χ0n) is 47.4. The number of aromatic nitrogens is 4. The lowest BCUT2D eigenvalue weighted by atomic mass is 9.98. The molecule has 0 bridgehead atoms. The molecule has 0 aliphatic carbocycles. The van der Waals surface area contributed by atoms with Gasteiger partial charge in [0.25, 0.3) is 0 Å². The summed E-state index contributed by atoms with van der Waals surface area (Å²) in [5.41, 5.74) is 10.9. The third-order valence-electron chi connectivity index (χ3n) is 19.2. The van der Waals surface area contributed by atoms with Gasteiger partial charge in [0.05, 0.1) is 66.9 Å². The van der Waals surface area contributed by atoms with Crippen molar-refractivity contribution in [1.82, 2.24) is 18.3 Å². The van der Waals surface area contributed by atoms with Gasteiger partial charge in [-0.15, -0.1) is 45.3 Å². The van der Waals surface area contributed by atoms with Crippen LogP contribution in [0.1, 0.15) is 11.1 Å². The first-order valence-electron chi connectivity index (χ1n) is 30.0. The van der Waals surface area contributed by atoms with Gasteiger partial charge in [0, 0.05) is 124 Å². The van der Waals surface area contributed by atoms with Gasteiger partial charge in [-0.3, -0.25) is 0 Å². The Morgan fingerprint density at radius 1 is 0.200 bits per heavy atom. The molecule has 0 saturated heterocycles. The van der Waals surface area contributed by atoms with E-state index in [0.29, 0.717) is 28.2 Å². The molecule has 21 rings (SSSR count). The molecule has 0 fully saturated rings. The lowest BCUT2D eigenvalue weighted by molar-refractivity contribution is 1.02. The molecule has 8 heterocycles. The molecule has 0 aliphatic heterocycles. The van der Waals surface area contributed by atoms with E-state index in [1.807, 2.05) is 34.0 Å². The van der Waals surface area contributed by atoms with E-state index in [2.05, 4.69) is 273 Å². The Morgan fingerprint density at radius 3 is 0.711 bits per heavy atom. The number of para-hydroxylation sites is 4. The van der Waals surface area contributed by atoms with Gasteiger partial charge >= 0.3 is 0 Å². The summed E-state index contributed by atoms with van der Waals surface area (Å²) in [5.74, 6) is 0. The average molecular weight is 1210 g/mol. The lowest BCUT2D eigenvalue weighted by Crippen LogP contribution is -2.16. The van der Waals surface area contributed by atoms with Crippen molar-refractivity contribution in [3.05, 3.63) is 254 Å². The second kappa shape index (κ2) is 17.8. The molecular formula is C80H40N6S4. The summed E-state index contributed by atoms with van der Waals surface area (Å²) in [6.45, 7) is 0. The topological polar surface area (TPSA) is 67.3 Å². The summed E-state index contributed by atoms with van der Waals surface area (Å²) >= 11 is 7.24. The molecule has 0 atom stereocenters. The largest absolute Gasteiger partial charge is 0.306 e. The summed E-state index contributed by atoms with van der Waals surface area (Å²) < 4.78 is 19.1. The molecule has 0 N–H and O–H groups in total. The highest BCUT2D eigenvalue weighted by Crippen LogP contribution is 2.54. The Hall–Kier alpha value is -11.1. The summed E-state index contributed by atoms with van der Waals surface area (Å²) in [6.07, 6.45) is 0. The van der Waals surface area contributed by atoms with Crippen LogP contribution in [0.25, 0.3) is 191 Å². The maximum absolute atomic E-state index is 13.1. The number of hydrogen-bond donors (Lipinski definition) is 0. The van der Waals surface area contributed by atoms with Gasteiger partial charge < -0.3 is 18.3 Å². The summed E-state index contributed by atoms with van der Waals surface area (Å²) in [4.78, 5) is 0. The molecule has 13 aromatic carbocycles. The molecule has 21 aromatic rings. The van der Waals surface area contributed by atoms with Crippen molar-refractivity contribution in [1.29, 1.82) is 10.5 Å². The Labute approximate surface area is 526 Å². The quantitative estimate of drug-likeness (QED) is 0.176. The minimum absolute atomic E-state index is 0.376. The van der Waals surface area contributed by atoms with Crippen molar-refractivity contribution >= 4 is 213 Å². The zero-order valence-corrected chi connectivity index (χ0v) is 50.7. The number of nitriles is 2. The maximum Gasteiger partial charge on any atom is 0.104 e. The van der Waals surface area contributed by atoms with Crippen LogP contribution in [-0.2, 0) is 0 Å². The van der Waals surface area contributed by atoms with Crippen molar-refractivity contribution in [2.24, 2.45) is 0 Å². The predicted octanol–water partition coefficient (Wildman–Crippen LogP) is 23.3. The molecule has 0 amide bonds. The molecule has 0 spiro atoms. The maximum atomic E-state index is 13.1. The monoisotopic (exact) mass is 1210 g/mol. The van der Waals surface area contributed by atoms with Crippen LogP contribution in [-0.4, -0.2) is 18.3 Å².